The number of fused-ring (bicyclic) bond motifs is 1. The highest BCUT2D eigenvalue weighted by Crippen LogP contribution is 2.21. The molecular formula is C13H23NS. The van der Waals surface area contributed by atoms with Gasteiger partial charge < -0.3 is 5.32 Å². The number of rotatable bonds is 0. The van der Waals surface area contributed by atoms with E-state index in [-0.39, 0.29) is 1.43 Å². The molecule has 0 radical (unpaired) electrons. The second-order valence-electron chi connectivity index (χ2n) is 3.09. The summed E-state index contributed by atoms with van der Waals surface area (Å²) in [7, 11) is 0. The largest absolute Gasteiger partial charge is 0.350 e. The first-order valence-electron chi connectivity index (χ1n) is 5.65. The predicted octanol–water partition coefficient (Wildman–Crippen LogP) is 4.67. The Morgan fingerprint density at radius 2 is 1.80 bits per heavy atom. The average Bonchev–Trinajstić information content (AvgIpc) is 2.62. The van der Waals surface area contributed by atoms with Gasteiger partial charge in [-0.2, -0.15) is 0 Å². The van der Waals surface area contributed by atoms with E-state index in [0.29, 0.717) is 0 Å². The van der Waals surface area contributed by atoms with Crippen LogP contribution in [-0.2, 0) is 6.42 Å². The van der Waals surface area contributed by atoms with E-state index in [2.05, 4.69) is 31.3 Å². The molecule has 0 unspecified atom stereocenters. The second-order valence-corrected chi connectivity index (χ2v) is 3.58. The maximum Gasteiger partial charge on any atom is 0.0842 e. The number of hydrogen-bond donors (Lipinski definition) is 1. The molecule has 86 valence electrons. The Morgan fingerprint density at radius 3 is 2.33 bits per heavy atom. The van der Waals surface area contributed by atoms with Crippen LogP contribution in [0.2, 0.25) is 0 Å². The Labute approximate surface area is 100 Å². The number of nitrogens with one attached hydrogen (secondary N) is 1. The lowest BCUT2D eigenvalue weighted by molar-refractivity contribution is 1.09. The zero-order valence-corrected chi connectivity index (χ0v) is 10.9. The van der Waals surface area contributed by atoms with Gasteiger partial charge in [0.05, 0.1) is 4.99 Å². The van der Waals surface area contributed by atoms with Crippen LogP contribution in [0.15, 0.2) is 24.3 Å². The summed E-state index contributed by atoms with van der Waals surface area (Å²) in [6.07, 6.45) is 2.16. The van der Waals surface area contributed by atoms with Crippen LogP contribution in [0.3, 0.4) is 0 Å². The summed E-state index contributed by atoms with van der Waals surface area (Å²) in [6, 6.07) is 8.20. The summed E-state index contributed by atoms with van der Waals surface area (Å²) in [4.78, 5) is 0.932. The lowest BCUT2D eigenvalue weighted by atomic mass is 10.2. The average molecular weight is 225 g/mol. The van der Waals surface area contributed by atoms with Crippen LogP contribution < -0.4 is 5.32 Å². The first-order valence-corrected chi connectivity index (χ1v) is 6.06. The van der Waals surface area contributed by atoms with Crippen LogP contribution in [0, 0.1) is 0 Å². The van der Waals surface area contributed by atoms with Crippen molar-refractivity contribution in [2.24, 2.45) is 0 Å². The van der Waals surface area contributed by atoms with E-state index >= 15 is 0 Å². The summed E-state index contributed by atoms with van der Waals surface area (Å²) in [5, 5.41) is 3.13. The van der Waals surface area contributed by atoms with E-state index in [9.17, 15) is 0 Å². The highest BCUT2D eigenvalue weighted by atomic mass is 32.1. The first kappa shape index (κ1) is 14.1. The van der Waals surface area contributed by atoms with E-state index < -0.39 is 0 Å². The number of hydrogen-bond acceptors (Lipinski definition) is 1. The summed E-state index contributed by atoms with van der Waals surface area (Å²) in [5.74, 6) is 0. The third-order valence-corrected chi connectivity index (χ3v) is 1.89. The summed E-state index contributed by atoms with van der Waals surface area (Å²) in [5.41, 5.74) is 2.49. The molecule has 1 aliphatic rings. The standard InChI is InChI=1S/C8H7NS.C3H8.C2H6.H2/c10-8-5-6-3-1-2-4-7(6)9-8;1-3-2;1-2;/h1-4H,5H2,(H,9,10);3H2,1-2H3;1-2H3;1H. The molecule has 1 nitrogen and oxygen atoms in total. The van der Waals surface area contributed by atoms with Crippen molar-refractivity contribution in [3.05, 3.63) is 29.8 Å². The molecule has 15 heavy (non-hydrogen) atoms. The molecule has 0 saturated heterocycles. The van der Waals surface area contributed by atoms with Crippen molar-refractivity contribution in [3.63, 3.8) is 0 Å². The van der Waals surface area contributed by atoms with Gasteiger partial charge in [0, 0.05) is 13.5 Å². The van der Waals surface area contributed by atoms with Crippen molar-refractivity contribution >= 4 is 22.9 Å². The van der Waals surface area contributed by atoms with Crippen LogP contribution in [0.1, 0.15) is 41.1 Å². The number of para-hydroxylation sites is 1. The van der Waals surface area contributed by atoms with Crippen LogP contribution in [0.25, 0.3) is 0 Å². The molecule has 1 N–H and O–H groups in total. The minimum absolute atomic E-state index is 0. The zero-order chi connectivity index (χ0) is 11.7. The van der Waals surface area contributed by atoms with Gasteiger partial charge in [-0.05, 0) is 11.6 Å². The highest BCUT2D eigenvalue weighted by molar-refractivity contribution is 7.80. The molecule has 1 heterocycles. The molecule has 2 rings (SSSR count). The van der Waals surface area contributed by atoms with Crippen LogP contribution in [0.5, 0.6) is 0 Å². The van der Waals surface area contributed by atoms with Gasteiger partial charge in [-0.25, -0.2) is 0 Å². The van der Waals surface area contributed by atoms with Gasteiger partial charge in [-0.3, -0.25) is 0 Å². The second kappa shape index (κ2) is 8.42. The summed E-state index contributed by atoms with van der Waals surface area (Å²) >= 11 is 5.01. The first-order chi connectivity index (χ1) is 7.27. The molecule has 0 bridgehead atoms. The zero-order valence-electron chi connectivity index (χ0n) is 10.1. The minimum atomic E-state index is 0. The van der Waals surface area contributed by atoms with Crippen molar-refractivity contribution in [1.29, 1.82) is 0 Å². The van der Waals surface area contributed by atoms with E-state index in [1.165, 1.54) is 17.7 Å². The molecule has 0 amide bonds. The minimum Gasteiger partial charge on any atom is -0.350 e. The van der Waals surface area contributed by atoms with E-state index in [1.54, 1.807) is 0 Å². The monoisotopic (exact) mass is 225 g/mol. The summed E-state index contributed by atoms with van der Waals surface area (Å²) in [6.45, 7) is 8.25. The third-order valence-electron chi connectivity index (χ3n) is 1.64. The quantitative estimate of drug-likeness (QED) is 0.644. The fraction of sp³-hybridized carbons (Fsp3) is 0.462. The topological polar surface area (TPSA) is 12.0 Å². The van der Waals surface area contributed by atoms with E-state index in [1.807, 2.05) is 26.0 Å². The Bertz CT molecular complexity index is 273. The maximum absolute atomic E-state index is 5.01. The summed E-state index contributed by atoms with van der Waals surface area (Å²) < 4.78 is 0. The van der Waals surface area contributed by atoms with Crippen LogP contribution in [-0.4, -0.2) is 4.99 Å². The molecule has 0 saturated carbocycles. The Morgan fingerprint density at radius 1 is 1.27 bits per heavy atom. The maximum atomic E-state index is 5.01. The molecule has 1 aromatic rings. The molecule has 0 spiro atoms. The van der Waals surface area contributed by atoms with Crippen molar-refractivity contribution in [1.82, 2.24) is 0 Å². The number of benzene rings is 1. The third kappa shape index (κ3) is 4.93. The van der Waals surface area contributed by atoms with E-state index in [0.717, 1.165) is 11.4 Å². The van der Waals surface area contributed by atoms with Crippen LogP contribution in [0.4, 0.5) is 5.69 Å². The molecule has 0 aromatic heterocycles. The predicted molar refractivity (Wildman–Crippen MR) is 75.8 cm³/mol. The molecule has 1 aliphatic heterocycles. The van der Waals surface area contributed by atoms with Crippen molar-refractivity contribution < 1.29 is 1.43 Å². The Hall–Kier alpha value is -0.890. The molecule has 2 heteroatoms. The lowest BCUT2D eigenvalue weighted by Crippen LogP contribution is -2.00. The van der Waals surface area contributed by atoms with Gasteiger partial charge in [0.15, 0.2) is 0 Å². The Balaban J connectivity index is 0. The van der Waals surface area contributed by atoms with E-state index in [4.69, 9.17) is 12.2 Å². The molecular weight excluding hydrogens is 202 g/mol. The smallest absolute Gasteiger partial charge is 0.0842 e. The van der Waals surface area contributed by atoms with Gasteiger partial charge in [0.25, 0.3) is 0 Å². The molecule has 0 atom stereocenters. The number of anilines is 1. The SMILES string of the molecule is CC.CCC.S=C1Cc2ccccc2N1.[HH]. The van der Waals surface area contributed by atoms with Gasteiger partial charge in [0.2, 0.25) is 0 Å². The fourth-order valence-electron chi connectivity index (χ4n) is 1.16. The fourth-order valence-corrected chi connectivity index (χ4v) is 1.43. The van der Waals surface area contributed by atoms with Crippen molar-refractivity contribution in [2.45, 2.75) is 40.5 Å². The van der Waals surface area contributed by atoms with Gasteiger partial charge in [-0.15, -0.1) is 0 Å². The highest BCUT2D eigenvalue weighted by Gasteiger charge is 2.11. The van der Waals surface area contributed by atoms with Crippen LogP contribution >= 0.6 is 12.2 Å². The molecule has 0 fully saturated rings. The van der Waals surface area contributed by atoms with Crippen molar-refractivity contribution in [3.8, 4) is 0 Å². The lowest BCUT2D eigenvalue weighted by Gasteiger charge is -1.94. The normalized spacial score (nSPS) is 11.3. The van der Waals surface area contributed by atoms with Gasteiger partial charge in [0.1, 0.15) is 0 Å². The molecule has 1 aromatic carbocycles. The van der Waals surface area contributed by atoms with Gasteiger partial charge >= 0.3 is 0 Å². The van der Waals surface area contributed by atoms with Gasteiger partial charge in [-0.1, -0.05) is 64.5 Å². The van der Waals surface area contributed by atoms with Crippen molar-refractivity contribution in [2.75, 3.05) is 5.32 Å². The Kier molecular flexibility index (Phi) is 7.92. The number of thiocarbonyl (C=S) groups is 1. The molecule has 0 aliphatic carbocycles.